The van der Waals surface area contributed by atoms with Crippen molar-refractivity contribution in [1.29, 1.82) is 0 Å². The summed E-state index contributed by atoms with van der Waals surface area (Å²) >= 11 is 2.17. The van der Waals surface area contributed by atoms with Gasteiger partial charge in [-0.1, -0.05) is 18.2 Å². The first-order valence-corrected chi connectivity index (χ1v) is 6.83. The summed E-state index contributed by atoms with van der Waals surface area (Å²) in [5.41, 5.74) is 3.02. The van der Waals surface area contributed by atoms with Gasteiger partial charge in [-0.2, -0.15) is 11.8 Å². The van der Waals surface area contributed by atoms with Crippen LogP contribution in [0.3, 0.4) is 0 Å². The first-order chi connectivity index (χ1) is 7.36. The molecule has 2 aliphatic heterocycles. The predicted molar refractivity (Wildman–Crippen MR) is 67.6 cm³/mol. The fraction of sp³-hybridized carbons (Fsp3) is 0.538. The monoisotopic (exact) mass is 219 g/mol. The van der Waals surface area contributed by atoms with Gasteiger partial charge in [0.15, 0.2) is 0 Å². The standard InChI is InChI=1S/C13H17NS/c1-14-9-10-5-4-8-15-13(10)11-6-2-3-7-12(11)14/h2-3,6-7,10,13H,4-5,8-9H2,1H3/t10-,13-/m1/s1. The molecule has 2 aliphatic rings. The van der Waals surface area contributed by atoms with Gasteiger partial charge in [-0.15, -0.1) is 0 Å². The molecule has 0 aliphatic carbocycles. The second kappa shape index (κ2) is 3.75. The number of benzene rings is 1. The van der Waals surface area contributed by atoms with E-state index < -0.39 is 0 Å². The molecular formula is C13H17NS. The van der Waals surface area contributed by atoms with Crippen LogP contribution in [0.15, 0.2) is 24.3 Å². The molecule has 0 amide bonds. The van der Waals surface area contributed by atoms with Crippen LogP contribution in [0.2, 0.25) is 0 Å². The SMILES string of the molecule is CN1C[C@H]2CCCS[C@H]2c2ccccc21. The Morgan fingerprint density at radius 1 is 1.33 bits per heavy atom. The van der Waals surface area contributed by atoms with Crippen molar-refractivity contribution < 1.29 is 0 Å². The molecule has 1 saturated heterocycles. The van der Waals surface area contributed by atoms with Crippen molar-refractivity contribution in [1.82, 2.24) is 0 Å². The molecule has 15 heavy (non-hydrogen) atoms. The Kier molecular flexibility index (Phi) is 2.39. The van der Waals surface area contributed by atoms with E-state index in [2.05, 4.69) is 48.0 Å². The molecule has 0 bridgehead atoms. The third kappa shape index (κ3) is 1.55. The van der Waals surface area contributed by atoms with Gasteiger partial charge in [-0.3, -0.25) is 0 Å². The van der Waals surface area contributed by atoms with Gasteiger partial charge in [-0.05, 0) is 36.1 Å². The van der Waals surface area contributed by atoms with Crippen molar-refractivity contribution in [3.63, 3.8) is 0 Å². The van der Waals surface area contributed by atoms with Gasteiger partial charge in [0.1, 0.15) is 0 Å². The molecule has 2 heterocycles. The van der Waals surface area contributed by atoms with Crippen LogP contribution in [0.25, 0.3) is 0 Å². The Hall–Kier alpha value is -0.630. The van der Waals surface area contributed by atoms with Gasteiger partial charge in [0.05, 0.1) is 0 Å². The number of para-hydroxylation sites is 1. The van der Waals surface area contributed by atoms with E-state index in [1.165, 1.54) is 30.8 Å². The number of thioether (sulfide) groups is 1. The molecule has 2 heteroatoms. The summed E-state index contributed by atoms with van der Waals surface area (Å²) in [5.74, 6) is 2.22. The topological polar surface area (TPSA) is 3.24 Å². The summed E-state index contributed by atoms with van der Waals surface area (Å²) in [6.07, 6.45) is 2.82. The van der Waals surface area contributed by atoms with E-state index in [4.69, 9.17) is 0 Å². The van der Waals surface area contributed by atoms with E-state index in [-0.39, 0.29) is 0 Å². The summed E-state index contributed by atoms with van der Waals surface area (Å²) in [6, 6.07) is 8.93. The van der Waals surface area contributed by atoms with Crippen LogP contribution in [0.4, 0.5) is 5.69 Å². The maximum atomic E-state index is 2.43. The molecule has 0 spiro atoms. The number of hydrogen-bond acceptors (Lipinski definition) is 2. The third-order valence-corrected chi connectivity index (χ3v) is 5.13. The smallest absolute Gasteiger partial charge is 0.0407 e. The van der Waals surface area contributed by atoms with Gasteiger partial charge >= 0.3 is 0 Å². The molecule has 1 aromatic carbocycles. The minimum atomic E-state index is 0.770. The number of rotatable bonds is 0. The lowest BCUT2D eigenvalue weighted by Gasteiger charge is -2.41. The first-order valence-electron chi connectivity index (χ1n) is 5.78. The number of hydrogen-bond donors (Lipinski definition) is 0. The lowest BCUT2D eigenvalue weighted by Crippen LogP contribution is -2.35. The van der Waals surface area contributed by atoms with E-state index in [1.54, 1.807) is 5.56 Å². The third-order valence-electron chi connectivity index (χ3n) is 3.61. The van der Waals surface area contributed by atoms with Crippen LogP contribution in [0.1, 0.15) is 23.7 Å². The van der Waals surface area contributed by atoms with Crippen molar-refractivity contribution in [2.75, 3.05) is 24.2 Å². The van der Waals surface area contributed by atoms with Gasteiger partial charge in [0, 0.05) is 24.5 Å². The molecular weight excluding hydrogens is 202 g/mol. The lowest BCUT2D eigenvalue weighted by atomic mass is 9.88. The molecule has 3 rings (SSSR count). The summed E-state index contributed by atoms with van der Waals surface area (Å²) in [4.78, 5) is 2.43. The van der Waals surface area contributed by atoms with E-state index in [0.717, 1.165) is 11.2 Å². The van der Waals surface area contributed by atoms with Crippen LogP contribution in [0.5, 0.6) is 0 Å². The fourth-order valence-corrected chi connectivity index (χ4v) is 4.36. The maximum absolute atomic E-state index is 2.43. The van der Waals surface area contributed by atoms with Crippen LogP contribution < -0.4 is 4.90 Å². The molecule has 80 valence electrons. The number of nitrogens with zero attached hydrogens (tertiary/aromatic N) is 1. The van der Waals surface area contributed by atoms with Crippen LogP contribution >= 0.6 is 11.8 Å². The molecule has 0 unspecified atom stereocenters. The average Bonchev–Trinajstić information content (AvgIpc) is 2.30. The zero-order chi connectivity index (χ0) is 10.3. The summed E-state index contributed by atoms with van der Waals surface area (Å²) in [6.45, 7) is 1.24. The van der Waals surface area contributed by atoms with Crippen LogP contribution in [-0.4, -0.2) is 19.3 Å². The second-order valence-electron chi connectivity index (χ2n) is 4.63. The summed E-state index contributed by atoms with van der Waals surface area (Å²) in [7, 11) is 2.23. The predicted octanol–water partition coefficient (Wildman–Crippen LogP) is 3.32. The largest absolute Gasteiger partial charge is 0.374 e. The van der Waals surface area contributed by atoms with Crippen molar-refractivity contribution in [3.05, 3.63) is 29.8 Å². The van der Waals surface area contributed by atoms with Gasteiger partial charge in [0.25, 0.3) is 0 Å². The van der Waals surface area contributed by atoms with E-state index in [1.807, 2.05) is 0 Å². The van der Waals surface area contributed by atoms with Gasteiger partial charge in [0.2, 0.25) is 0 Å². The molecule has 0 N–H and O–H groups in total. The Balaban J connectivity index is 2.03. The van der Waals surface area contributed by atoms with Crippen molar-refractivity contribution in [2.45, 2.75) is 18.1 Å². The average molecular weight is 219 g/mol. The minimum absolute atomic E-state index is 0.770. The summed E-state index contributed by atoms with van der Waals surface area (Å²) < 4.78 is 0. The summed E-state index contributed by atoms with van der Waals surface area (Å²) in [5, 5.41) is 0.770. The Morgan fingerprint density at radius 3 is 3.13 bits per heavy atom. The highest BCUT2D eigenvalue weighted by molar-refractivity contribution is 7.99. The van der Waals surface area contributed by atoms with Crippen LogP contribution in [-0.2, 0) is 0 Å². The maximum Gasteiger partial charge on any atom is 0.0407 e. The Bertz CT molecular complexity index is 363. The molecule has 2 atom stereocenters. The highest BCUT2D eigenvalue weighted by Gasteiger charge is 2.33. The van der Waals surface area contributed by atoms with E-state index >= 15 is 0 Å². The van der Waals surface area contributed by atoms with Crippen LogP contribution in [0, 0.1) is 5.92 Å². The molecule has 1 aromatic rings. The second-order valence-corrected chi connectivity index (χ2v) is 5.88. The Labute approximate surface area is 95.9 Å². The fourth-order valence-electron chi connectivity index (χ4n) is 2.90. The highest BCUT2D eigenvalue weighted by atomic mass is 32.2. The highest BCUT2D eigenvalue weighted by Crippen LogP contribution is 2.49. The van der Waals surface area contributed by atoms with E-state index in [9.17, 15) is 0 Å². The van der Waals surface area contributed by atoms with E-state index in [0.29, 0.717) is 0 Å². The molecule has 1 fully saturated rings. The Morgan fingerprint density at radius 2 is 2.20 bits per heavy atom. The lowest BCUT2D eigenvalue weighted by molar-refractivity contribution is 0.443. The normalized spacial score (nSPS) is 29.5. The molecule has 1 nitrogen and oxygen atoms in total. The molecule has 0 aromatic heterocycles. The quantitative estimate of drug-likeness (QED) is 0.658. The molecule has 0 radical (unpaired) electrons. The van der Waals surface area contributed by atoms with Crippen molar-refractivity contribution >= 4 is 17.4 Å². The van der Waals surface area contributed by atoms with Crippen molar-refractivity contribution in [3.8, 4) is 0 Å². The van der Waals surface area contributed by atoms with Crippen molar-refractivity contribution in [2.24, 2.45) is 5.92 Å². The first kappa shape index (κ1) is 9.59. The zero-order valence-electron chi connectivity index (χ0n) is 9.15. The molecule has 0 saturated carbocycles. The van der Waals surface area contributed by atoms with Gasteiger partial charge < -0.3 is 4.90 Å². The number of anilines is 1. The zero-order valence-corrected chi connectivity index (χ0v) is 9.96. The minimum Gasteiger partial charge on any atom is -0.374 e. The number of fused-ring (bicyclic) bond motifs is 3. The van der Waals surface area contributed by atoms with Gasteiger partial charge in [-0.25, -0.2) is 0 Å².